The van der Waals surface area contributed by atoms with Gasteiger partial charge >= 0.3 is 0 Å². The quantitative estimate of drug-likeness (QED) is 0.794. The molecule has 3 N–H and O–H groups in total. The van der Waals surface area contributed by atoms with E-state index in [1.807, 2.05) is 6.08 Å². The average molecular weight is 322 g/mol. The Labute approximate surface area is 134 Å². The van der Waals surface area contributed by atoms with Gasteiger partial charge in [-0.2, -0.15) is 0 Å². The highest BCUT2D eigenvalue weighted by Crippen LogP contribution is 2.62. The molecule has 7 nitrogen and oxygen atoms in total. The fourth-order valence-electron chi connectivity index (χ4n) is 4.10. The maximum atomic E-state index is 11.1. The van der Waals surface area contributed by atoms with Gasteiger partial charge < -0.3 is 29.6 Å². The molecule has 23 heavy (non-hydrogen) atoms. The second kappa shape index (κ2) is 5.22. The van der Waals surface area contributed by atoms with E-state index >= 15 is 0 Å². The molecule has 1 aromatic rings. The normalized spacial score (nSPS) is 37.3. The van der Waals surface area contributed by atoms with Crippen LogP contribution in [0.5, 0.6) is 5.88 Å². The van der Waals surface area contributed by atoms with Crippen LogP contribution in [0.3, 0.4) is 0 Å². The van der Waals surface area contributed by atoms with E-state index in [0.29, 0.717) is 29.6 Å². The van der Waals surface area contributed by atoms with E-state index in [1.54, 1.807) is 7.11 Å². The molecule has 0 saturated carbocycles. The molecule has 1 fully saturated rings. The lowest BCUT2D eigenvalue weighted by Gasteiger charge is -2.43. The topological polar surface area (TPSA) is 100.0 Å². The first-order chi connectivity index (χ1) is 11.1. The molecule has 5 atom stereocenters. The van der Waals surface area contributed by atoms with Crippen LogP contribution in [0.1, 0.15) is 49.7 Å². The Kier molecular flexibility index (Phi) is 3.40. The highest BCUT2D eigenvalue weighted by Gasteiger charge is 2.67. The lowest BCUT2D eigenvalue weighted by molar-refractivity contribution is -0.122. The zero-order valence-electron chi connectivity index (χ0n) is 13.3. The molecule has 4 rings (SSSR count). The summed E-state index contributed by atoms with van der Waals surface area (Å²) in [6, 6.07) is -0.409. The van der Waals surface area contributed by atoms with E-state index in [9.17, 15) is 5.11 Å². The van der Waals surface area contributed by atoms with Crippen molar-refractivity contribution in [2.45, 2.75) is 50.0 Å². The maximum Gasteiger partial charge on any atom is 0.260 e. The molecule has 126 valence electrons. The predicted molar refractivity (Wildman–Crippen MR) is 79.6 cm³/mol. The number of fused-ring (bicyclic) bond motifs is 2. The van der Waals surface area contributed by atoms with E-state index in [-0.39, 0.29) is 12.0 Å². The molecule has 1 unspecified atom stereocenters. The molecule has 3 aliphatic rings. The molecule has 1 aromatic heterocycles. The van der Waals surface area contributed by atoms with Crippen LogP contribution < -0.4 is 10.5 Å². The van der Waals surface area contributed by atoms with Crippen LogP contribution >= 0.6 is 0 Å². The van der Waals surface area contributed by atoms with Crippen molar-refractivity contribution in [2.75, 3.05) is 13.7 Å². The van der Waals surface area contributed by atoms with Crippen LogP contribution in [0, 0.1) is 5.92 Å². The third-order valence-corrected chi connectivity index (χ3v) is 5.20. The van der Waals surface area contributed by atoms with Crippen molar-refractivity contribution in [1.82, 2.24) is 5.16 Å². The van der Waals surface area contributed by atoms with Gasteiger partial charge in [0.15, 0.2) is 11.4 Å². The molecule has 0 radical (unpaired) electrons. The number of unbranched alkanes of at least 4 members (excludes halogenated alkanes) is 1. The summed E-state index contributed by atoms with van der Waals surface area (Å²) in [6.45, 7) is 2.60. The first-order valence-corrected chi connectivity index (χ1v) is 8.13. The Balaban J connectivity index is 1.74. The summed E-state index contributed by atoms with van der Waals surface area (Å²) in [7, 11) is 1.59. The molecule has 0 amide bonds. The maximum absolute atomic E-state index is 11.1. The zero-order chi connectivity index (χ0) is 16.2. The second-order valence-electron chi connectivity index (χ2n) is 6.42. The lowest BCUT2D eigenvalue weighted by atomic mass is 9.67. The van der Waals surface area contributed by atoms with Gasteiger partial charge in [0, 0.05) is 5.92 Å². The standard InChI is InChI=1S/C16H22N2O5/c1-3-4-5-21-15-11-13(23-18-15)12(17)9-6-8-7-10(20-2)16(9,22-8)14(11)19/h7-9,12,14,19H,3-6,17H2,1-2H3/t8-,9+,12+,14?,16+/m1/s1. The van der Waals surface area contributed by atoms with Crippen LogP contribution in [0.2, 0.25) is 0 Å². The Morgan fingerprint density at radius 3 is 3.09 bits per heavy atom. The molecule has 7 heteroatoms. The van der Waals surface area contributed by atoms with Crippen LogP contribution in [-0.4, -0.2) is 35.7 Å². The predicted octanol–water partition coefficient (Wildman–Crippen LogP) is 1.59. The van der Waals surface area contributed by atoms with Gasteiger partial charge in [0.25, 0.3) is 5.88 Å². The van der Waals surface area contributed by atoms with Gasteiger partial charge in [0.1, 0.15) is 11.9 Å². The van der Waals surface area contributed by atoms with Gasteiger partial charge in [-0.15, -0.1) is 0 Å². The Hall–Kier alpha value is -1.57. The van der Waals surface area contributed by atoms with Crippen LogP contribution in [0.25, 0.3) is 0 Å². The fraction of sp³-hybridized carbons (Fsp3) is 0.688. The Morgan fingerprint density at radius 1 is 1.52 bits per heavy atom. The number of aromatic nitrogens is 1. The molecule has 1 spiro atoms. The van der Waals surface area contributed by atoms with E-state index in [4.69, 9.17) is 24.5 Å². The van der Waals surface area contributed by atoms with E-state index < -0.39 is 17.7 Å². The molecule has 0 aromatic carbocycles. The molecule has 2 aliphatic heterocycles. The molecule has 1 aliphatic carbocycles. The van der Waals surface area contributed by atoms with E-state index in [0.717, 1.165) is 19.3 Å². The summed E-state index contributed by atoms with van der Waals surface area (Å²) in [4.78, 5) is 0. The van der Waals surface area contributed by atoms with Gasteiger partial charge in [-0.3, -0.25) is 0 Å². The monoisotopic (exact) mass is 322 g/mol. The average Bonchev–Trinajstić information content (AvgIpc) is 3.24. The fourth-order valence-corrected chi connectivity index (χ4v) is 4.10. The minimum absolute atomic E-state index is 0.0860. The minimum Gasteiger partial charge on any atom is -0.498 e. The van der Waals surface area contributed by atoms with Gasteiger partial charge in [-0.1, -0.05) is 13.3 Å². The Morgan fingerprint density at radius 2 is 2.35 bits per heavy atom. The van der Waals surface area contributed by atoms with Crippen molar-refractivity contribution >= 4 is 0 Å². The highest BCUT2D eigenvalue weighted by molar-refractivity contribution is 5.45. The second-order valence-corrected chi connectivity index (χ2v) is 6.42. The van der Waals surface area contributed by atoms with Crippen LogP contribution in [0.4, 0.5) is 0 Å². The van der Waals surface area contributed by atoms with Gasteiger partial charge in [0.2, 0.25) is 0 Å². The number of nitrogens with two attached hydrogens (primary N) is 1. The van der Waals surface area contributed by atoms with Crippen molar-refractivity contribution in [3.05, 3.63) is 23.2 Å². The van der Waals surface area contributed by atoms with Crippen LogP contribution in [0.15, 0.2) is 16.4 Å². The number of hydrogen-bond donors (Lipinski definition) is 2. The number of hydrogen-bond acceptors (Lipinski definition) is 7. The molecule has 2 bridgehead atoms. The smallest absolute Gasteiger partial charge is 0.260 e. The molecular weight excluding hydrogens is 300 g/mol. The summed E-state index contributed by atoms with van der Waals surface area (Å²) < 4.78 is 22.7. The molecular formula is C16H22N2O5. The van der Waals surface area contributed by atoms with Gasteiger partial charge in [-0.05, 0) is 24.1 Å². The third kappa shape index (κ3) is 1.84. The summed E-state index contributed by atoms with van der Waals surface area (Å²) >= 11 is 0. The number of rotatable bonds is 5. The highest BCUT2D eigenvalue weighted by atomic mass is 16.6. The zero-order valence-corrected chi connectivity index (χ0v) is 13.3. The van der Waals surface area contributed by atoms with Crippen molar-refractivity contribution in [3.63, 3.8) is 0 Å². The first kappa shape index (κ1) is 15.0. The Bertz CT molecular complexity index is 642. The van der Waals surface area contributed by atoms with Crippen molar-refractivity contribution in [3.8, 4) is 5.88 Å². The van der Waals surface area contributed by atoms with E-state index in [2.05, 4.69) is 12.1 Å². The largest absolute Gasteiger partial charge is 0.498 e. The van der Waals surface area contributed by atoms with E-state index in [1.165, 1.54) is 0 Å². The number of nitrogens with zero attached hydrogens (tertiary/aromatic N) is 1. The van der Waals surface area contributed by atoms with Crippen molar-refractivity contribution in [1.29, 1.82) is 0 Å². The number of aliphatic hydroxyl groups excluding tert-OH is 1. The minimum atomic E-state index is -0.969. The number of methoxy groups -OCH3 is 1. The first-order valence-electron chi connectivity index (χ1n) is 8.13. The summed E-state index contributed by atoms with van der Waals surface area (Å²) in [5.41, 5.74) is 5.93. The van der Waals surface area contributed by atoms with Crippen molar-refractivity contribution in [2.24, 2.45) is 11.7 Å². The number of ether oxygens (including phenoxy) is 3. The SMILES string of the molecule is CCCCOc1noc2c1C(O)[C@@]13O[C@@H](C=C1OC)C[C@H]3[C@@H]2N. The summed E-state index contributed by atoms with van der Waals surface area (Å²) in [5.74, 6) is 1.32. The van der Waals surface area contributed by atoms with Gasteiger partial charge in [0.05, 0.1) is 31.4 Å². The molecule has 1 saturated heterocycles. The third-order valence-electron chi connectivity index (χ3n) is 5.20. The van der Waals surface area contributed by atoms with Gasteiger partial charge in [-0.25, -0.2) is 0 Å². The lowest BCUT2D eigenvalue weighted by Crippen LogP contribution is -2.50. The summed E-state index contributed by atoms with van der Waals surface area (Å²) in [5, 5.41) is 15.0. The van der Waals surface area contributed by atoms with Crippen molar-refractivity contribution < 1.29 is 23.8 Å². The molecule has 3 heterocycles. The summed E-state index contributed by atoms with van der Waals surface area (Å²) in [6.07, 6.45) is 3.51. The number of aliphatic hydroxyl groups is 1. The van der Waals surface area contributed by atoms with Crippen LogP contribution in [-0.2, 0) is 9.47 Å².